The summed E-state index contributed by atoms with van der Waals surface area (Å²) in [7, 11) is 2.72. The lowest BCUT2D eigenvalue weighted by atomic mass is 10.0. The zero-order chi connectivity index (χ0) is 14.4. The van der Waals surface area contributed by atoms with Gasteiger partial charge in [-0.2, -0.15) is 5.26 Å². The Morgan fingerprint density at radius 1 is 1.47 bits per heavy atom. The third-order valence-corrected chi connectivity index (χ3v) is 6.35. The molecule has 2 atom stereocenters. The van der Waals surface area contributed by atoms with Crippen LogP contribution in [-0.4, -0.2) is 38.7 Å². The second-order valence-corrected chi connectivity index (χ2v) is 7.54. The Hall–Kier alpha value is -0.730. The van der Waals surface area contributed by atoms with Crippen molar-refractivity contribution in [1.29, 1.82) is 5.26 Å². The van der Waals surface area contributed by atoms with Crippen LogP contribution in [0.5, 0.6) is 0 Å². The van der Waals surface area contributed by atoms with Gasteiger partial charge >= 0.3 is 0 Å². The molecule has 0 heterocycles. The minimum atomic E-state index is -1.01. The number of allylic oxidation sites excluding steroid dienone is 1. The van der Waals surface area contributed by atoms with Crippen LogP contribution in [0.4, 0.5) is 0 Å². The number of rotatable bonds is 5. The van der Waals surface area contributed by atoms with E-state index in [0.29, 0.717) is 17.0 Å². The average Bonchev–Trinajstić information content (AvgIpc) is 2.43. The first-order chi connectivity index (χ1) is 8.97. The van der Waals surface area contributed by atoms with Gasteiger partial charge < -0.3 is 4.90 Å². The van der Waals surface area contributed by atoms with Crippen LogP contribution in [0.25, 0.3) is 0 Å². The average molecular weight is 298 g/mol. The Morgan fingerprint density at radius 2 is 2.05 bits per heavy atom. The summed E-state index contributed by atoms with van der Waals surface area (Å²) in [5.74, 6) is 0. The fourth-order valence-electron chi connectivity index (χ4n) is 2.36. The van der Waals surface area contributed by atoms with Gasteiger partial charge in [0.15, 0.2) is 0 Å². The molecular formula is C14H22N2OS2. The van der Waals surface area contributed by atoms with Gasteiger partial charge in [-0.05, 0) is 12.8 Å². The van der Waals surface area contributed by atoms with Gasteiger partial charge in [-0.3, -0.25) is 4.21 Å². The van der Waals surface area contributed by atoms with E-state index in [1.54, 1.807) is 0 Å². The SMILES string of the molecule is C=C(C#N)C[C@H](C(=S)N(C)C)[S@@](=O)C1CCCCC1. The topological polar surface area (TPSA) is 44.1 Å². The normalized spacial score (nSPS) is 19.2. The molecule has 0 bridgehead atoms. The maximum absolute atomic E-state index is 12.7. The first-order valence-electron chi connectivity index (χ1n) is 6.65. The molecule has 0 aromatic heterocycles. The highest BCUT2D eigenvalue weighted by atomic mass is 32.2. The van der Waals surface area contributed by atoms with Gasteiger partial charge in [0.2, 0.25) is 0 Å². The third-order valence-electron chi connectivity index (χ3n) is 3.47. The minimum Gasteiger partial charge on any atom is -0.371 e. The van der Waals surface area contributed by atoms with Crippen molar-refractivity contribution in [3.63, 3.8) is 0 Å². The van der Waals surface area contributed by atoms with Crippen LogP contribution in [0.1, 0.15) is 38.5 Å². The molecule has 0 aromatic carbocycles. The second kappa shape index (κ2) is 7.76. The maximum Gasteiger partial charge on any atom is 0.0941 e. The summed E-state index contributed by atoms with van der Waals surface area (Å²) in [5.41, 5.74) is 0.457. The Morgan fingerprint density at radius 3 is 2.53 bits per heavy atom. The van der Waals surface area contributed by atoms with Crippen molar-refractivity contribution in [3.8, 4) is 6.07 Å². The molecule has 3 nitrogen and oxygen atoms in total. The van der Waals surface area contributed by atoms with E-state index >= 15 is 0 Å². The predicted octanol–water partition coefficient (Wildman–Crippen LogP) is 2.80. The molecule has 0 radical (unpaired) electrons. The molecule has 0 aromatic rings. The van der Waals surface area contributed by atoms with Crippen molar-refractivity contribution in [3.05, 3.63) is 12.2 Å². The highest BCUT2D eigenvalue weighted by Gasteiger charge is 2.30. The van der Waals surface area contributed by atoms with Crippen molar-refractivity contribution in [2.75, 3.05) is 14.1 Å². The van der Waals surface area contributed by atoms with E-state index in [4.69, 9.17) is 17.5 Å². The van der Waals surface area contributed by atoms with Crippen molar-refractivity contribution >= 4 is 28.0 Å². The lowest BCUT2D eigenvalue weighted by Crippen LogP contribution is -2.39. The molecule has 1 aliphatic rings. The van der Waals surface area contributed by atoms with Crippen LogP contribution in [0.3, 0.4) is 0 Å². The highest BCUT2D eigenvalue weighted by molar-refractivity contribution is 7.90. The standard InChI is InChI=1S/C14H22N2OS2/c1-11(10-15)9-13(14(18)16(2)3)19(17)12-7-5-4-6-8-12/h12-13H,1,4-9H2,2-3H3/t13-,19+/m1/s1. The molecule has 19 heavy (non-hydrogen) atoms. The highest BCUT2D eigenvalue weighted by Crippen LogP contribution is 2.26. The van der Waals surface area contributed by atoms with E-state index in [0.717, 1.165) is 25.7 Å². The van der Waals surface area contributed by atoms with Gasteiger partial charge in [-0.15, -0.1) is 0 Å². The van der Waals surface area contributed by atoms with Crippen LogP contribution in [0, 0.1) is 11.3 Å². The van der Waals surface area contributed by atoms with E-state index in [9.17, 15) is 4.21 Å². The predicted molar refractivity (Wildman–Crippen MR) is 84.5 cm³/mol. The molecule has 0 N–H and O–H groups in total. The third kappa shape index (κ3) is 4.70. The van der Waals surface area contributed by atoms with E-state index in [1.165, 1.54) is 6.42 Å². The van der Waals surface area contributed by atoms with E-state index in [2.05, 4.69) is 6.58 Å². The van der Waals surface area contributed by atoms with Crippen LogP contribution >= 0.6 is 12.2 Å². The number of thiocarbonyl (C=S) groups is 1. The molecule has 1 saturated carbocycles. The minimum absolute atomic E-state index is 0.225. The van der Waals surface area contributed by atoms with Crippen molar-refractivity contribution in [2.24, 2.45) is 0 Å². The van der Waals surface area contributed by atoms with Crippen molar-refractivity contribution < 1.29 is 4.21 Å². The summed E-state index contributed by atoms with van der Waals surface area (Å²) < 4.78 is 12.7. The number of nitriles is 1. The molecule has 0 unspecified atom stereocenters. The van der Waals surface area contributed by atoms with Gasteiger partial charge in [0.1, 0.15) is 0 Å². The zero-order valence-electron chi connectivity index (χ0n) is 11.7. The number of nitrogens with zero attached hydrogens (tertiary/aromatic N) is 2. The molecule has 1 fully saturated rings. The van der Waals surface area contributed by atoms with Crippen molar-refractivity contribution in [1.82, 2.24) is 4.90 Å². The van der Waals surface area contributed by atoms with Gasteiger partial charge in [0.25, 0.3) is 0 Å². The Bertz CT molecular complexity index is 406. The zero-order valence-corrected chi connectivity index (χ0v) is 13.4. The van der Waals surface area contributed by atoms with Crippen LogP contribution < -0.4 is 0 Å². The molecule has 0 amide bonds. The largest absolute Gasteiger partial charge is 0.371 e. The second-order valence-electron chi connectivity index (χ2n) is 5.23. The fourth-order valence-corrected chi connectivity index (χ4v) is 4.76. The molecule has 106 valence electrons. The first kappa shape index (κ1) is 16.3. The quantitative estimate of drug-likeness (QED) is 0.578. The van der Waals surface area contributed by atoms with Gasteiger partial charge in [-0.25, -0.2) is 0 Å². The van der Waals surface area contributed by atoms with E-state index in [-0.39, 0.29) is 10.5 Å². The summed E-state index contributed by atoms with van der Waals surface area (Å²) in [4.78, 5) is 2.49. The van der Waals surface area contributed by atoms with Crippen LogP contribution in [0.2, 0.25) is 0 Å². The van der Waals surface area contributed by atoms with Gasteiger partial charge in [0.05, 0.1) is 16.3 Å². The number of hydrogen-bond donors (Lipinski definition) is 0. The molecule has 0 spiro atoms. The smallest absolute Gasteiger partial charge is 0.0941 e. The summed E-state index contributed by atoms with van der Waals surface area (Å²) >= 11 is 5.39. The lowest BCUT2D eigenvalue weighted by molar-refractivity contribution is 0.502. The van der Waals surface area contributed by atoms with E-state index < -0.39 is 10.8 Å². The summed E-state index contributed by atoms with van der Waals surface area (Å²) in [6.07, 6.45) is 5.97. The molecule has 0 saturated heterocycles. The van der Waals surface area contributed by atoms with Crippen LogP contribution in [0.15, 0.2) is 12.2 Å². The fraction of sp³-hybridized carbons (Fsp3) is 0.714. The molecule has 0 aliphatic heterocycles. The Kier molecular flexibility index (Phi) is 6.67. The van der Waals surface area contributed by atoms with Gasteiger partial charge in [-0.1, -0.05) is 38.1 Å². The summed E-state index contributed by atoms with van der Waals surface area (Å²) in [6.45, 7) is 3.71. The number of hydrogen-bond acceptors (Lipinski definition) is 3. The summed E-state index contributed by atoms with van der Waals surface area (Å²) in [5, 5.41) is 8.87. The maximum atomic E-state index is 12.7. The molecular weight excluding hydrogens is 276 g/mol. The Balaban J connectivity index is 2.82. The molecule has 1 aliphatic carbocycles. The molecule has 5 heteroatoms. The summed E-state index contributed by atoms with van der Waals surface area (Å²) in [6, 6.07) is 2.04. The molecule has 1 rings (SSSR count). The van der Waals surface area contributed by atoms with Gasteiger partial charge in [0, 0.05) is 42.1 Å². The van der Waals surface area contributed by atoms with Crippen molar-refractivity contribution in [2.45, 2.75) is 49.0 Å². The Labute approximate surface area is 124 Å². The first-order valence-corrected chi connectivity index (χ1v) is 8.34. The lowest BCUT2D eigenvalue weighted by Gasteiger charge is -2.28. The monoisotopic (exact) mass is 298 g/mol. The van der Waals surface area contributed by atoms with Crippen LogP contribution in [-0.2, 0) is 10.8 Å². The van der Waals surface area contributed by atoms with E-state index in [1.807, 2.05) is 25.1 Å².